The number of nitrogens with zero attached hydrogens (tertiary/aromatic N) is 1. The van der Waals surface area contributed by atoms with E-state index in [1.165, 1.54) is 12.1 Å². The van der Waals surface area contributed by atoms with Crippen molar-refractivity contribution >= 4 is 21.4 Å². The van der Waals surface area contributed by atoms with Gasteiger partial charge >= 0.3 is 0 Å². The Balaban J connectivity index is 3.07. The number of nitrogen functional groups attached to an aromatic ring is 1. The fraction of sp³-hybridized carbons (Fsp3) is 0.455. The predicted octanol–water partition coefficient (Wildman–Crippen LogP) is 0.123. The number of anilines is 2. The molecule has 0 radical (unpaired) electrons. The second-order valence-corrected chi connectivity index (χ2v) is 6.50. The molecule has 0 bridgehead atoms. The van der Waals surface area contributed by atoms with Crippen LogP contribution in [0.2, 0.25) is 0 Å². The van der Waals surface area contributed by atoms with E-state index in [9.17, 15) is 13.5 Å². The Kier molecular flexibility index (Phi) is 3.89. The van der Waals surface area contributed by atoms with Crippen LogP contribution in [0.25, 0.3) is 0 Å². The van der Waals surface area contributed by atoms with Crippen LogP contribution in [0.15, 0.2) is 23.1 Å². The van der Waals surface area contributed by atoms with Crippen molar-refractivity contribution in [3.8, 4) is 0 Å². The van der Waals surface area contributed by atoms with Gasteiger partial charge in [-0.2, -0.15) is 0 Å². The topological polar surface area (TPSA) is 110 Å². The first-order chi connectivity index (χ1) is 8.00. The van der Waals surface area contributed by atoms with Gasteiger partial charge in [0.1, 0.15) is 0 Å². The fourth-order valence-electron chi connectivity index (χ4n) is 1.72. The first-order valence-electron chi connectivity index (χ1n) is 5.36. The minimum atomic E-state index is -3.75. The summed E-state index contributed by atoms with van der Waals surface area (Å²) >= 11 is 0. The van der Waals surface area contributed by atoms with Gasteiger partial charge in [-0.25, -0.2) is 13.6 Å². The fourth-order valence-corrected chi connectivity index (χ4v) is 2.27. The zero-order chi connectivity index (χ0) is 14.1. The minimum absolute atomic E-state index is 0.0274. The molecule has 0 amide bonds. The molecule has 7 heteroatoms. The maximum absolute atomic E-state index is 11.2. The largest absolute Gasteiger partial charge is 0.397 e. The maximum Gasteiger partial charge on any atom is 0.238 e. The van der Waals surface area contributed by atoms with E-state index in [0.29, 0.717) is 17.9 Å². The van der Waals surface area contributed by atoms with Crippen LogP contribution in [-0.2, 0) is 10.0 Å². The molecule has 18 heavy (non-hydrogen) atoms. The summed E-state index contributed by atoms with van der Waals surface area (Å²) in [6.07, 6.45) is 0. The lowest BCUT2D eigenvalue weighted by atomic mass is 10.1. The number of rotatable bonds is 4. The number of aliphatic hydroxyl groups is 1. The van der Waals surface area contributed by atoms with E-state index in [1.54, 1.807) is 31.9 Å². The minimum Gasteiger partial charge on any atom is -0.397 e. The van der Waals surface area contributed by atoms with Crippen LogP contribution >= 0.6 is 0 Å². The summed E-state index contributed by atoms with van der Waals surface area (Å²) in [6, 6.07) is 4.27. The summed E-state index contributed by atoms with van der Waals surface area (Å²) in [5, 5.41) is 14.7. The van der Waals surface area contributed by atoms with Gasteiger partial charge in [-0.15, -0.1) is 0 Å². The van der Waals surface area contributed by atoms with Crippen molar-refractivity contribution < 1.29 is 13.5 Å². The third kappa shape index (κ3) is 3.86. The third-order valence-corrected chi connectivity index (χ3v) is 3.27. The molecule has 0 aliphatic heterocycles. The van der Waals surface area contributed by atoms with Gasteiger partial charge in [0.15, 0.2) is 0 Å². The molecule has 1 rings (SSSR count). The zero-order valence-corrected chi connectivity index (χ0v) is 11.5. The molecule has 0 aromatic heterocycles. The number of nitrogens with two attached hydrogens (primary N) is 2. The Morgan fingerprint density at radius 1 is 1.39 bits per heavy atom. The highest BCUT2D eigenvalue weighted by molar-refractivity contribution is 7.89. The van der Waals surface area contributed by atoms with Gasteiger partial charge in [0, 0.05) is 13.6 Å². The average Bonchev–Trinajstić information content (AvgIpc) is 2.12. The van der Waals surface area contributed by atoms with Crippen molar-refractivity contribution in [2.45, 2.75) is 24.3 Å². The second kappa shape index (κ2) is 4.75. The smallest absolute Gasteiger partial charge is 0.238 e. The summed E-state index contributed by atoms with van der Waals surface area (Å²) in [5.41, 5.74) is 5.86. The molecule has 0 heterocycles. The number of benzene rings is 1. The number of sulfonamides is 1. The van der Waals surface area contributed by atoms with Gasteiger partial charge in [-0.05, 0) is 32.0 Å². The van der Waals surface area contributed by atoms with Crippen LogP contribution < -0.4 is 15.8 Å². The van der Waals surface area contributed by atoms with E-state index in [1.807, 2.05) is 0 Å². The molecule has 5 N–H and O–H groups in total. The molecule has 6 nitrogen and oxygen atoms in total. The molecule has 0 unspecified atom stereocenters. The van der Waals surface area contributed by atoms with Crippen LogP contribution in [0.3, 0.4) is 0 Å². The molecule has 0 atom stereocenters. The van der Waals surface area contributed by atoms with Crippen LogP contribution in [-0.4, -0.2) is 32.7 Å². The van der Waals surface area contributed by atoms with E-state index in [-0.39, 0.29) is 4.90 Å². The van der Waals surface area contributed by atoms with Crippen LogP contribution in [0.5, 0.6) is 0 Å². The summed E-state index contributed by atoms with van der Waals surface area (Å²) < 4.78 is 22.3. The molecule has 102 valence electrons. The van der Waals surface area contributed by atoms with E-state index < -0.39 is 15.6 Å². The number of primary sulfonamides is 1. The number of hydrogen-bond donors (Lipinski definition) is 3. The zero-order valence-electron chi connectivity index (χ0n) is 10.7. The highest BCUT2D eigenvalue weighted by Gasteiger charge is 2.18. The molecular weight excluding hydrogens is 254 g/mol. The van der Waals surface area contributed by atoms with Gasteiger partial charge in [0.25, 0.3) is 0 Å². The van der Waals surface area contributed by atoms with Crippen molar-refractivity contribution in [1.29, 1.82) is 0 Å². The quantitative estimate of drug-likeness (QED) is 0.675. The normalized spacial score (nSPS) is 12.5. The highest BCUT2D eigenvalue weighted by Crippen LogP contribution is 2.26. The summed E-state index contributed by atoms with van der Waals surface area (Å²) in [7, 11) is -1.99. The van der Waals surface area contributed by atoms with Crippen LogP contribution in [0.1, 0.15) is 13.8 Å². The van der Waals surface area contributed by atoms with Gasteiger partial charge < -0.3 is 15.7 Å². The summed E-state index contributed by atoms with van der Waals surface area (Å²) in [4.78, 5) is 1.72. The third-order valence-electron chi connectivity index (χ3n) is 2.36. The van der Waals surface area contributed by atoms with Crippen LogP contribution in [0, 0.1) is 0 Å². The monoisotopic (exact) mass is 273 g/mol. The van der Waals surface area contributed by atoms with Crippen molar-refractivity contribution in [2.75, 3.05) is 24.2 Å². The molecule has 0 aliphatic carbocycles. The van der Waals surface area contributed by atoms with Gasteiger partial charge in [0.05, 0.1) is 21.9 Å². The number of hydrogen-bond acceptors (Lipinski definition) is 5. The van der Waals surface area contributed by atoms with Crippen molar-refractivity contribution in [3.63, 3.8) is 0 Å². The van der Waals surface area contributed by atoms with E-state index in [0.717, 1.165) is 0 Å². The van der Waals surface area contributed by atoms with Crippen molar-refractivity contribution in [3.05, 3.63) is 18.2 Å². The Morgan fingerprint density at radius 3 is 2.33 bits per heavy atom. The molecular formula is C11H19N3O3S. The summed E-state index contributed by atoms with van der Waals surface area (Å²) in [5.74, 6) is 0. The Morgan fingerprint density at radius 2 is 1.94 bits per heavy atom. The van der Waals surface area contributed by atoms with Gasteiger partial charge in [-0.1, -0.05) is 0 Å². The predicted molar refractivity (Wildman–Crippen MR) is 71.8 cm³/mol. The van der Waals surface area contributed by atoms with Crippen molar-refractivity contribution in [2.24, 2.45) is 5.14 Å². The van der Waals surface area contributed by atoms with E-state index in [4.69, 9.17) is 10.9 Å². The molecule has 1 aromatic carbocycles. The van der Waals surface area contributed by atoms with Gasteiger partial charge in [-0.3, -0.25) is 0 Å². The average molecular weight is 273 g/mol. The lowest BCUT2D eigenvalue weighted by molar-refractivity contribution is 0.0886. The lowest BCUT2D eigenvalue weighted by Gasteiger charge is -2.28. The molecule has 1 aromatic rings. The summed E-state index contributed by atoms with van der Waals surface area (Å²) in [6.45, 7) is 3.72. The highest BCUT2D eigenvalue weighted by atomic mass is 32.2. The van der Waals surface area contributed by atoms with Crippen molar-refractivity contribution in [1.82, 2.24) is 0 Å². The van der Waals surface area contributed by atoms with Gasteiger partial charge in [0.2, 0.25) is 10.0 Å². The molecule has 0 aliphatic rings. The lowest BCUT2D eigenvalue weighted by Crippen LogP contribution is -2.36. The maximum atomic E-state index is 11.2. The molecule has 0 fully saturated rings. The Bertz CT molecular complexity index is 535. The second-order valence-electron chi connectivity index (χ2n) is 4.93. The van der Waals surface area contributed by atoms with E-state index in [2.05, 4.69) is 0 Å². The Hall–Kier alpha value is -1.31. The van der Waals surface area contributed by atoms with Crippen LogP contribution in [0.4, 0.5) is 11.4 Å². The molecule has 0 spiro atoms. The number of likely N-dealkylation sites (N-methyl/N-ethyl adjacent to an activating group) is 1. The Labute approximate surface area is 107 Å². The first-order valence-corrected chi connectivity index (χ1v) is 6.91. The standard InChI is InChI=1S/C11H19N3O3S/c1-11(2,15)7-14(3)10-5-4-8(6-9(10)12)18(13,16)17/h4-6,15H,7,12H2,1-3H3,(H2,13,16,17). The first kappa shape index (κ1) is 14.7. The SMILES string of the molecule is CN(CC(C)(C)O)c1ccc(S(N)(=O)=O)cc1N. The molecule has 0 saturated carbocycles. The van der Waals surface area contributed by atoms with E-state index >= 15 is 0 Å². The molecule has 0 saturated heterocycles.